The molecule has 3 atom stereocenters. The van der Waals surface area contributed by atoms with Crippen molar-refractivity contribution in [3.05, 3.63) is 24.3 Å². The van der Waals surface area contributed by atoms with Gasteiger partial charge in [0, 0.05) is 6.04 Å². The normalized spacial score (nSPS) is 27.1. The molecular formula is C15H17NO5. The zero-order valence-corrected chi connectivity index (χ0v) is 11.5. The van der Waals surface area contributed by atoms with E-state index in [1.807, 2.05) is 6.07 Å². The first-order valence-corrected chi connectivity index (χ1v) is 7.07. The topological polar surface area (TPSA) is 84.9 Å². The van der Waals surface area contributed by atoms with Crippen LogP contribution in [0.1, 0.15) is 19.3 Å². The van der Waals surface area contributed by atoms with Crippen molar-refractivity contribution in [1.82, 2.24) is 5.32 Å². The molecule has 6 nitrogen and oxygen atoms in total. The van der Waals surface area contributed by atoms with Crippen LogP contribution < -0.4 is 14.8 Å². The molecule has 1 fully saturated rings. The van der Waals surface area contributed by atoms with Crippen LogP contribution in [0.2, 0.25) is 0 Å². The number of rotatable bonds is 3. The number of nitrogens with one attached hydrogen (secondary N) is 1. The molecule has 1 heterocycles. The van der Waals surface area contributed by atoms with Gasteiger partial charge in [-0.15, -0.1) is 0 Å². The van der Waals surface area contributed by atoms with Crippen LogP contribution in [0, 0.1) is 5.92 Å². The summed E-state index contributed by atoms with van der Waals surface area (Å²) in [6.07, 6.45) is 1.36. The van der Waals surface area contributed by atoms with E-state index in [0.717, 1.165) is 6.42 Å². The fourth-order valence-corrected chi connectivity index (χ4v) is 2.85. The lowest BCUT2D eigenvalue weighted by molar-refractivity contribution is -0.142. The van der Waals surface area contributed by atoms with Gasteiger partial charge in [0.05, 0.1) is 5.92 Å². The maximum Gasteiger partial charge on any atom is 0.308 e. The maximum absolute atomic E-state index is 12.2. The second-order valence-electron chi connectivity index (χ2n) is 5.35. The molecule has 112 valence electrons. The summed E-state index contributed by atoms with van der Waals surface area (Å²) in [5.41, 5.74) is 0. The smallest absolute Gasteiger partial charge is 0.308 e. The van der Waals surface area contributed by atoms with Gasteiger partial charge >= 0.3 is 5.97 Å². The summed E-state index contributed by atoms with van der Waals surface area (Å²) >= 11 is 0. The van der Waals surface area contributed by atoms with Gasteiger partial charge in [-0.1, -0.05) is 18.6 Å². The van der Waals surface area contributed by atoms with Crippen molar-refractivity contribution in [3.8, 4) is 11.5 Å². The summed E-state index contributed by atoms with van der Waals surface area (Å²) in [6.45, 7) is 0.132. The average Bonchev–Trinajstić information content (AvgIpc) is 2.95. The van der Waals surface area contributed by atoms with E-state index in [1.54, 1.807) is 18.2 Å². The molecule has 21 heavy (non-hydrogen) atoms. The van der Waals surface area contributed by atoms with Crippen molar-refractivity contribution in [2.45, 2.75) is 31.4 Å². The molecule has 1 amide bonds. The van der Waals surface area contributed by atoms with Crippen molar-refractivity contribution >= 4 is 11.9 Å². The van der Waals surface area contributed by atoms with Crippen molar-refractivity contribution < 1.29 is 24.2 Å². The monoisotopic (exact) mass is 291 g/mol. The molecule has 1 aliphatic heterocycles. The molecule has 1 aromatic rings. The SMILES string of the molecule is O=C(NC1CCCC1C(=O)O)C1COc2ccccc2O1. The molecule has 6 heteroatoms. The van der Waals surface area contributed by atoms with E-state index in [9.17, 15) is 9.59 Å². The molecular weight excluding hydrogens is 274 g/mol. The predicted octanol–water partition coefficient (Wildman–Crippen LogP) is 1.20. The lowest BCUT2D eigenvalue weighted by Crippen LogP contribution is -2.49. The molecule has 2 aliphatic rings. The minimum atomic E-state index is -0.857. The average molecular weight is 291 g/mol. The zero-order chi connectivity index (χ0) is 14.8. The number of carboxylic acid groups (broad SMARTS) is 1. The van der Waals surface area contributed by atoms with Crippen LogP contribution >= 0.6 is 0 Å². The maximum atomic E-state index is 12.2. The molecule has 0 saturated heterocycles. The molecule has 1 aromatic carbocycles. The highest BCUT2D eigenvalue weighted by molar-refractivity contribution is 5.83. The van der Waals surface area contributed by atoms with Crippen LogP contribution in [0.5, 0.6) is 11.5 Å². The Bertz CT molecular complexity index is 559. The molecule has 0 radical (unpaired) electrons. The van der Waals surface area contributed by atoms with Crippen LogP contribution in [0.3, 0.4) is 0 Å². The number of benzene rings is 1. The number of aliphatic carboxylic acids is 1. The van der Waals surface area contributed by atoms with Crippen LogP contribution in [-0.2, 0) is 9.59 Å². The Balaban J connectivity index is 1.63. The number of fused-ring (bicyclic) bond motifs is 1. The first-order chi connectivity index (χ1) is 10.1. The number of hydrogen-bond acceptors (Lipinski definition) is 4. The Hall–Kier alpha value is -2.24. The highest BCUT2D eigenvalue weighted by atomic mass is 16.6. The van der Waals surface area contributed by atoms with E-state index < -0.39 is 18.0 Å². The summed E-state index contributed by atoms with van der Waals surface area (Å²) in [7, 11) is 0. The Labute approximate surface area is 122 Å². The summed E-state index contributed by atoms with van der Waals surface area (Å²) in [4.78, 5) is 23.3. The quantitative estimate of drug-likeness (QED) is 0.874. The number of amides is 1. The Morgan fingerprint density at radius 3 is 2.71 bits per heavy atom. The van der Waals surface area contributed by atoms with Gasteiger partial charge in [0.25, 0.3) is 5.91 Å². The van der Waals surface area contributed by atoms with Gasteiger partial charge in [-0.3, -0.25) is 9.59 Å². The van der Waals surface area contributed by atoms with E-state index in [1.165, 1.54) is 0 Å². The standard InChI is InChI=1S/C15H17NO5/c17-14(16-10-5-3-4-9(10)15(18)19)13-8-20-11-6-1-2-7-12(11)21-13/h1-2,6-7,9-10,13H,3-5,8H2,(H,16,17)(H,18,19). The predicted molar refractivity (Wildman–Crippen MR) is 73.3 cm³/mol. The summed E-state index contributed by atoms with van der Waals surface area (Å²) in [5.74, 6) is -0.534. The van der Waals surface area contributed by atoms with Gasteiger partial charge in [0.15, 0.2) is 11.5 Å². The number of carbonyl (C=O) groups is 2. The van der Waals surface area contributed by atoms with Crippen LogP contribution in [-0.4, -0.2) is 35.7 Å². The van der Waals surface area contributed by atoms with Gasteiger partial charge in [-0.05, 0) is 25.0 Å². The van der Waals surface area contributed by atoms with Gasteiger partial charge in [-0.2, -0.15) is 0 Å². The molecule has 0 spiro atoms. The van der Waals surface area contributed by atoms with E-state index in [2.05, 4.69) is 5.32 Å². The van der Waals surface area contributed by atoms with Crippen LogP contribution in [0.15, 0.2) is 24.3 Å². The molecule has 1 saturated carbocycles. The number of carbonyl (C=O) groups excluding carboxylic acids is 1. The molecule has 1 aliphatic carbocycles. The summed E-state index contributed by atoms with van der Waals surface area (Å²) < 4.78 is 11.1. The molecule has 3 unspecified atom stereocenters. The Morgan fingerprint density at radius 2 is 1.95 bits per heavy atom. The summed E-state index contributed by atoms with van der Waals surface area (Å²) in [5, 5.41) is 11.9. The van der Waals surface area contributed by atoms with Crippen LogP contribution in [0.25, 0.3) is 0 Å². The lowest BCUT2D eigenvalue weighted by Gasteiger charge is -2.27. The molecule has 0 aromatic heterocycles. The van der Waals surface area contributed by atoms with Gasteiger partial charge < -0.3 is 19.9 Å². The Kier molecular flexibility index (Phi) is 3.68. The Morgan fingerprint density at radius 1 is 1.19 bits per heavy atom. The van der Waals surface area contributed by atoms with Gasteiger partial charge in [0.1, 0.15) is 6.61 Å². The van der Waals surface area contributed by atoms with Gasteiger partial charge in [-0.25, -0.2) is 0 Å². The third kappa shape index (κ3) is 2.79. The van der Waals surface area contributed by atoms with E-state index >= 15 is 0 Å². The van der Waals surface area contributed by atoms with Crippen molar-refractivity contribution in [1.29, 1.82) is 0 Å². The highest BCUT2D eigenvalue weighted by Gasteiger charge is 2.36. The summed E-state index contributed by atoms with van der Waals surface area (Å²) in [6, 6.07) is 6.83. The molecule has 0 bridgehead atoms. The van der Waals surface area contributed by atoms with Crippen molar-refractivity contribution in [3.63, 3.8) is 0 Å². The van der Waals surface area contributed by atoms with Crippen molar-refractivity contribution in [2.75, 3.05) is 6.61 Å². The third-order valence-electron chi connectivity index (χ3n) is 3.96. The van der Waals surface area contributed by atoms with E-state index in [-0.39, 0.29) is 18.6 Å². The van der Waals surface area contributed by atoms with E-state index in [0.29, 0.717) is 24.3 Å². The highest BCUT2D eigenvalue weighted by Crippen LogP contribution is 2.31. The molecule has 3 rings (SSSR count). The number of ether oxygens (including phenoxy) is 2. The van der Waals surface area contributed by atoms with E-state index in [4.69, 9.17) is 14.6 Å². The van der Waals surface area contributed by atoms with Gasteiger partial charge in [0.2, 0.25) is 6.10 Å². The first-order valence-electron chi connectivity index (χ1n) is 7.07. The second-order valence-corrected chi connectivity index (χ2v) is 5.35. The minimum absolute atomic E-state index is 0.132. The van der Waals surface area contributed by atoms with Crippen LogP contribution in [0.4, 0.5) is 0 Å². The number of carboxylic acids is 1. The third-order valence-corrected chi connectivity index (χ3v) is 3.96. The minimum Gasteiger partial charge on any atom is -0.485 e. The second kappa shape index (κ2) is 5.63. The molecule has 2 N–H and O–H groups in total. The van der Waals surface area contributed by atoms with Crippen molar-refractivity contribution in [2.24, 2.45) is 5.92 Å². The first kappa shape index (κ1) is 13.7. The largest absolute Gasteiger partial charge is 0.485 e. The lowest BCUT2D eigenvalue weighted by atomic mass is 10.0. The number of para-hydroxylation sites is 2. The fourth-order valence-electron chi connectivity index (χ4n) is 2.85. The number of hydrogen-bond donors (Lipinski definition) is 2. The zero-order valence-electron chi connectivity index (χ0n) is 11.5. The fraction of sp³-hybridized carbons (Fsp3) is 0.467.